The van der Waals surface area contributed by atoms with E-state index in [1.165, 1.54) is 16.3 Å². The van der Waals surface area contributed by atoms with Crippen molar-refractivity contribution < 1.29 is 4.79 Å². The van der Waals surface area contributed by atoms with E-state index in [4.69, 9.17) is 5.26 Å². The van der Waals surface area contributed by atoms with Crippen LogP contribution < -0.4 is 10.5 Å². The third kappa shape index (κ3) is 4.61. The molecule has 0 N–H and O–H groups in total. The molecule has 0 fully saturated rings. The van der Waals surface area contributed by atoms with Crippen molar-refractivity contribution in [3.05, 3.63) is 77.6 Å². The van der Waals surface area contributed by atoms with Crippen molar-refractivity contribution in [1.82, 2.24) is 9.55 Å². The van der Waals surface area contributed by atoms with E-state index in [1.807, 2.05) is 36.4 Å². The van der Waals surface area contributed by atoms with Crippen molar-refractivity contribution in [2.75, 3.05) is 11.4 Å². The number of nitrogens with zero attached hydrogens (tertiary/aromatic N) is 4. The SMILES string of the molecule is C=CCn1c(SC(C)C(=O)N(CCC#N)c2ccccc2)nc2ccccc2c1=O. The number of aromatic nitrogens is 2. The Morgan fingerprint density at radius 1 is 1.27 bits per heavy atom. The van der Waals surface area contributed by atoms with Crippen molar-refractivity contribution >= 4 is 34.3 Å². The maximum atomic E-state index is 13.2. The number of fused-ring (bicyclic) bond motifs is 1. The van der Waals surface area contributed by atoms with Gasteiger partial charge < -0.3 is 4.90 Å². The van der Waals surface area contributed by atoms with Crippen molar-refractivity contribution in [1.29, 1.82) is 5.26 Å². The van der Waals surface area contributed by atoms with Gasteiger partial charge in [0.05, 0.1) is 28.6 Å². The van der Waals surface area contributed by atoms with Crippen LogP contribution >= 0.6 is 11.8 Å². The minimum absolute atomic E-state index is 0.144. The van der Waals surface area contributed by atoms with E-state index in [0.29, 0.717) is 29.1 Å². The van der Waals surface area contributed by atoms with Gasteiger partial charge in [0.1, 0.15) is 0 Å². The maximum absolute atomic E-state index is 13.2. The highest BCUT2D eigenvalue weighted by molar-refractivity contribution is 8.00. The Labute approximate surface area is 179 Å². The van der Waals surface area contributed by atoms with Crippen LogP contribution in [0.1, 0.15) is 13.3 Å². The number of rotatable bonds is 8. The van der Waals surface area contributed by atoms with Crippen LogP contribution in [0.3, 0.4) is 0 Å². The molecule has 152 valence electrons. The summed E-state index contributed by atoms with van der Waals surface area (Å²) in [6, 6.07) is 18.5. The summed E-state index contributed by atoms with van der Waals surface area (Å²) in [5, 5.41) is 9.48. The zero-order valence-electron chi connectivity index (χ0n) is 16.7. The number of carbonyl (C=O) groups excluding carboxylic acids is 1. The summed E-state index contributed by atoms with van der Waals surface area (Å²) in [5.41, 5.74) is 1.17. The van der Waals surface area contributed by atoms with Gasteiger partial charge in [-0.3, -0.25) is 14.2 Å². The van der Waals surface area contributed by atoms with Crippen LogP contribution in [0.2, 0.25) is 0 Å². The quantitative estimate of drug-likeness (QED) is 0.314. The fourth-order valence-electron chi connectivity index (χ4n) is 3.09. The van der Waals surface area contributed by atoms with Gasteiger partial charge in [0.15, 0.2) is 5.16 Å². The highest BCUT2D eigenvalue weighted by Crippen LogP contribution is 2.26. The second-order valence-electron chi connectivity index (χ2n) is 6.61. The predicted molar refractivity (Wildman–Crippen MR) is 121 cm³/mol. The van der Waals surface area contributed by atoms with E-state index in [1.54, 1.807) is 36.1 Å². The van der Waals surface area contributed by atoms with Crippen LogP contribution in [0.15, 0.2) is 77.2 Å². The molecule has 0 aliphatic rings. The molecule has 0 saturated carbocycles. The van der Waals surface area contributed by atoms with Gasteiger partial charge in [0, 0.05) is 18.8 Å². The normalized spacial score (nSPS) is 11.6. The molecule has 1 amide bonds. The molecule has 30 heavy (non-hydrogen) atoms. The lowest BCUT2D eigenvalue weighted by Crippen LogP contribution is -2.37. The first-order valence-electron chi connectivity index (χ1n) is 9.57. The number of carbonyl (C=O) groups is 1. The van der Waals surface area contributed by atoms with Crippen LogP contribution in [-0.2, 0) is 11.3 Å². The number of para-hydroxylation sites is 2. The summed E-state index contributed by atoms with van der Waals surface area (Å²) < 4.78 is 1.53. The van der Waals surface area contributed by atoms with Gasteiger partial charge >= 0.3 is 0 Å². The Kier molecular flexibility index (Phi) is 7.04. The summed E-state index contributed by atoms with van der Waals surface area (Å²) in [4.78, 5) is 32.4. The molecule has 1 unspecified atom stereocenters. The number of thioether (sulfide) groups is 1. The molecular formula is C23H22N4O2S. The van der Waals surface area contributed by atoms with E-state index < -0.39 is 5.25 Å². The Morgan fingerprint density at radius 3 is 2.67 bits per heavy atom. The highest BCUT2D eigenvalue weighted by atomic mass is 32.2. The molecule has 0 aliphatic carbocycles. The van der Waals surface area contributed by atoms with Crippen molar-refractivity contribution in [2.24, 2.45) is 0 Å². The fraction of sp³-hybridized carbons (Fsp3) is 0.217. The Balaban J connectivity index is 1.94. The number of benzene rings is 2. The molecule has 3 rings (SSSR count). The van der Waals surface area contributed by atoms with Crippen LogP contribution in [0.25, 0.3) is 10.9 Å². The van der Waals surface area contributed by atoms with Gasteiger partial charge in [0.25, 0.3) is 5.56 Å². The maximum Gasteiger partial charge on any atom is 0.262 e. The molecule has 6 nitrogen and oxygen atoms in total. The minimum Gasteiger partial charge on any atom is -0.310 e. The molecule has 2 aromatic carbocycles. The van der Waals surface area contributed by atoms with Gasteiger partial charge in [-0.15, -0.1) is 6.58 Å². The first-order valence-corrected chi connectivity index (χ1v) is 10.4. The van der Waals surface area contributed by atoms with Crippen molar-refractivity contribution in [3.8, 4) is 6.07 Å². The second-order valence-corrected chi connectivity index (χ2v) is 7.92. The lowest BCUT2D eigenvalue weighted by molar-refractivity contribution is -0.117. The number of hydrogen-bond donors (Lipinski definition) is 0. The van der Waals surface area contributed by atoms with Gasteiger partial charge in [-0.05, 0) is 31.2 Å². The van der Waals surface area contributed by atoms with Gasteiger partial charge in [-0.2, -0.15) is 5.26 Å². The third-order valence-electron chi connectivity index (χ3n) is 4.55. The van der Waals surface area contributed by atoms with Gasteiger partial charge in [0.2, 0.25) is 5.91 Å². The average molecular weight is 419 g/mol. The summed E-state index contributed by atoms with van der Waals surface area (Å²) in [6.45, 7) is 6.12. The van der Waals surface area contributed by atoms with Crippen molar-refractivity contribution in [3.63, 3.8) is 0 Å². The van der Waals surface area contributed by atoms with Crippen LogP contribution in [0.4, 0.5) is 5.69 Å². The van der Waals surface area contributed by atoms with E-state index in [9.17, 15) is 9.59 Å². The summed E-state index contributed by atoms with van der Waals surface area (Å²) in [6.07, 6.45) is 1.87. The molecule has 0 saturated heterocycles. The molecule has 1 aromatic heterocycles. The van der Waals surface area contributed by atoms with Crippen LogP contribution in [0.5, 0.6) is 0 Å². The average Bonchev–Trinajstić information content (AvgIpc) is 2.77. The monoisotopic (exact) mass is 418 g/mol. The first-order chi connectivity index (χ1) is 14.6. The molecule has 0 spiro atoms. The summed E-state index contributed by atoms with van der Waals surface area (Å²) in [7, 11) is 0. The Hall–Kier alpha value is -3.37. The summed E-state index contributed by atoms with van der Waals surface area (Å²) >= 11 is 1.23. The molecule has 0 radical (unpaired) electrons. The number of nitriles is 1. The zero-order chi connectivity index (χ0) is 21.5. The first kappa shape index (κ1) is 21.3. The standard InChI is InChI=1S/C23H22N4O2S/c1-3-15-27-22(29)19-12-7-8-13-20(19)25-23(27)30-17(2)21(28)26(16-9-14-24)18-10-5-4-6-11-18/h3-8,10-13,17H,1,9,15-16H2,2H3. The predicted octanol–water partition coefficient (Wildman–Crippen LogP) is 4.01. The summed E-state index contributed by atoms with van der Waals surface area (Å²) in [5.74, 6) is -0.144. The van der Waals surface area contributed by atoms with E-state index in [0.717, 1.165) is 5.69 Å². The fourth-order valence-corrected chi connectivity index (χ4v) is 4.07. The van der Waals surface area contributed by atoms with E-state index in [-0.39, 0.29) is 17.9 Å². The topological polar surface area (TPSA) is 79.0 Å². The number of amides is 1. The van der Waals surface area contributed by atoms with Gasteiger partial charge in [-0.1, -0.05) is 48.2 Å². The van der Waals surface area contributed by atoms with Crippen LogP contribution in [-0.4, -0.2) is 27.3 Å². The molecule has 7 heteroatoms. The lowest BCUT2D eigenvalue weighted by Gasteiger charge is -2.25. The number of hydrogen-bond acceptors (Lipinski definition) is 5. The minimum atomic E-state index is -0.506. The molecule has 1 atom stereocenters. The lowest BCUT2D eigenvalue weighted by atomic mass is 10.2. The molecule has 0 aliphatic heterocycles. The second kappa shape index (κ2) is 9.90. The molecule has 1 heterocycles. The largest absolute Gasteiger partial charge is 0.310 e. The Morgan fingerprint density at radius 2 is 1.97 bits per heavy atom. The number of allylic oxidation sites excluding steroid dienone is 1. The highest BCUT2D eigenvalue weighted by Gasteiger charge is 2.25. The number of anilines is 1. The van der Waals surface area contributed by atoms with Crippen LogP contribution in [0, 0.1) is 11.3 Å². The molecular weight excluding hydrogens is 396 g/mol. The zero-order valence-corrected chi connectivity index (χ0v) is 17.5. The Bertz CT molecular complexity index is 1150. The van der Waals surface area contributed by atoms with Gasteiger partial charge in [-0.25, -0.2) is 4.98 Å². The molecule has 0 bridgehead atoms. The molecule has 3 aromatic rings. The van der Waals surface area contributed by atoms with E-state index in [2.05, 4.69) is 17.6 Å². The van der Waals surface area contributed by atoms with E-state index >= 15 is 0 Å². The smallest absolute Gasteiger partial charge is 0.262 e. The van der Waals surface area contributed by atoms with Crippen molar-refractivity contribution in [2.45, 2.75) is 30.3 Å². The third-order valence-corrected chi connectivity index (χ3v) is 5.63.